The molecule has 1 atom stereocenters. The first-order valence-electron chi connectivity index (χ1n) is 5.36. The zero-order chi connectivity index (χ0) is 11.4. The summed E-state index contributed by atoms with van der Waals surface area (Å²) >= 11 is 1.57. The Labute approximate surface area is 100 Å². The summed E-state index contributed by atoms with van der Waals surface area (Å²) in [7, 11) is -3.12. The lowest BCUT2D eigenvalue weighted by Gasteiger charge is -2.09. The lowest BCUT2D eigenvalue weighted by atomic mass is 10.2. The van der Waals surface area contributed by atoms with Crippen molar-refractivity contribution in [1.82, 2.24) is 10.0 Å². The Hall–Kier alpha value is -0.430. The van der Waals surface area contributed by atoms with Crippen LogP contribution >= 0.6 is 11.3 Å². The summed E-state index contributed by atoms with van der Waals surface area (Å²) in [6.07, 6.45) is 0.958. The van der Waals surface area contributed by atoms with Crippen LogP contribution in [0.3, 0.4) is 0 Å². The number of sulfonamides is 1. The topological polar surface area (TPSA) is 58.2 Å². The van der Waals surface area contributed by atoms with Gasteiger partial charge >= 0.3 is 0 Å². The molecular formula is C10H16N2O2S2. The van der Waals surface area contributed by atoms with Gasteiger partial charge in [0.25, 0.3) is 0 Å². The van der Waals surface area contributed by atoms with Crippen LogP contribution < -0.4 is 10.0 Å². The Bertz CT molecular complexity index is 408. The standard InChI is InChI=1S/C10H16N2O2S2/c13-16(14,8-9-3-4-11-6-9)12-7-10-2-1-5-15-10/h1-2,5,9,11-12H,3-4,6-8H2. The molecule has 0 amide bonds. The summed E-state index contributed by atoms with van der Waals surface area (Å²) in [6, 6.07) is 3.86. The van der Waals surface area contributed by atoms with E-state index < -0.39 is 10.0 Å². The van der Waals surface area contributed by atoms with Gasteiger partial charge in [0, 0.05) is 11.4 Å². The predicted molar refractivity (Wildman–Crippen MR) is 65.9 cm³/mol. The third kappa shape index (κ3) is 3.55. The molecular weight excluding hydrogens is 244 g/mol. The van der Waals surface area contributed by atoms with E-state index in [1.807, 2.05) is 17.5 Å². The molecule has 1 aliphatic heterocycles. The molecule has 0 radical (unpaired) electrons. The van der Waals surface area contributed by atoms with Gasteiger partial charge < -0.3 is 5.32 Å². The number of thiophene rings is 1. The fourth-order valence-electron chi connectivity index (χ4n) is 1.82. The van der Waals surface area contributed by atoms with Crippen molar-refractivity contribution < 1.29 is 8.42 Å². The third-order valence-corrected chi connectivity index (χ3v) is 5.03. The number of hydrogen-bond donors (Lipinski definition) is 2. The molecule has 90 valence electrons. The summed E-state index contributed by atoms with van der Waals surface area (Å²) in [5.41, 5.74) is 0. The minimum absolute atomic E-state index is 0.241. The van der Waals surface area contributed by atoms with Gasteiger partial charge in [-0.1, -0.05) is 6.07 Å². The maximum absolute atomic E-state index is 11.7. The molecule has 1 aromatic rings. The van der Waals surface area contributed by atoms with E-state index in [2.05, 4.69) is 10.0 Å². The molecule has 2 rings (SSSR count). The van der Waals surface area contributed by atoms with Crippen molar-refractivity contribution in [2.45, 2.75) is 13.0 Å². The highest BCUT2D eigenvalue weighted by Gasteiger charge is 2.21. The molecule has 1 aliphatic rings. The van der Waals surface area contributed by atoms with Crippen LogP contribution in [0.1, 0.15) is 11.3 Å². The van der Waals surface area contributed by atoms with E-state index in [1.54, 1.807) is 11.3 Å². The molecule has 1 saturated heterocycles. The van der Waals surface area contributed by atoms with Crippen molar-refractivity contribution in [3.8, 4) is 0 Å². The first-order valence-corrected chi connectivity index (χ1v) is 7.89. The highest BCUT2D eigenvalue weighted by Crippen LogP contribution is 2.11. The molecule has 1 aromatic heterocycles. The Kier molecular flexibility index (Phi) is 3.96. The zero-order valence-electron chi connectivity index (χ0n) is 8.98. The Morgan fingerprint density at radius 1 is 1.56 bits per heavy atom. The number of rotatable bonds is 5. The van der Waals surface area contributed by atoms with Crippen molar-refractivity contribution in [2.24, 2.45) is 5.92 Å². The van der Waals surface area contributed by atoms with E-state index in [0.717, 1.165) is 24.4 Å². The molecule has 1 unspecified atom stereocenters. The van der Waals surface area contributed by atoms with Crippen LogP contribution in [0.5, 0.6) is 0 Å². The molecule has 16 heavy (non-hydrogen) atoms. The molecule has 0 aromatic carbocycles. The Morgan fingerprint density at radius 3 is 3.06 bits per heavy atom. The quantitative estimate of drug-likeness (QED) is 0.822. The van der Waals surface area contributed by atoms with Gasteiger partial charge in [-0.25, -0.2) is 13.1 Å². The molecule has 2 heterocycles. The Morgan fingerprint density at radius 2 is 2.44 bits per heavy atom. The normalized spacial score (nSPS) is 21.4. The molecule has 0 bridgehead atoms. The summed E-state index contributed by atoms with van der Waals surface area (Å²) in [4.78, 5) is 1.05. The van der Waals surface area contributed by atoms with Crippen LogP contribution in [-0.4, -0.2) is 27.3 Å². The summed E-state index contributed by atoms with van der Waals surface area (Å²) in [5, 5.41) is 5.12. The van der Waals surface area contributed by atoms with Crippen molar-refractivity contribution in [3.63, 3.8) is 0 Å². The fraction of sp³-hybridized carbons (Fsp3) is 0.600. The maximum atomic E-state index is 11.7. The predicted octanol–water partition coefficient (Wildman–Crippen LogP) is 0.777. The molecule has 2 N–H and O–H groups in total. The minimum Gasteiger partial charge on any atom is -0.316 e. The largest absolute Gasteiger partial charge is 0.316 e. The maximum Gasteiger partial charge on any atom is 0.212 e. The van der Waals surface area contributed by atoms with Gasteiger partial charge in [0.2, 0.25) is 10.0 Å². The van der Waals surface area contributed by atoms with Crippen LogP contribution in [0.15, 0.2) is 17.5 Å². The van der Waals surface area contributed by atoms with Gasteiger partial charge in [0.1, 0.15) is 0 Å². The average molecular weight is 260 g/mol. The fourth-order valence-corrected chi connectivity index (χ4v) is 3.95. The first kappa shape index (κ1) is 12.0. The second-order valence-corrected chi connectivity index (χ2v) is 6.92. The van der Waals surface area contributed by atoms with Gasteiger partial charge in [-0.3, -0.25) is 0 Å². The van der Waals surface area contributed by atoms with Crippen LogP contribution in [-0.2, 0) is 16.6 Å². The van der Waals surface area contributed by atoms with E-state index in [9.17, 15) is 8.42 Å². The van der Waals surface area contributed by atoms with Gasteiger partial charge in [0.05, 0.1) is 5.75 Å². The van der Waals surface area contributed by atoms with Gasteiger partial charge in [-0.05, 0) is 36.9 Å². The lowest BCUT2D eigenvalue weighted by Crippen LogP contribution is -2.30. The van der Waals surface area contributed by atoms with Crippen molar-refractivity contribution in [1.29, 1.82) is 0 Å². The van der Waals surface area contributed by atoms with E-state index >= 15 is 0 Å². The van der Waals surface area contributed by atoms with Crippen molar-refractivity contribution in [3.05, 3.63) is 22.4 Å². The van der Waals surface area contributed by atoms with Gasteiger partial charge in [-0.15, -0.1) is 11.3 Å². The van der Waals surface area contributed by atoms with Crippen LogP contribution in [0, 0.1) is 5.92 Å². The number of nitrogens with one attached hydrogen (secondary N) is 2. The van der Waals surface area contributed by atoms with E-state index in [-0.39, 0.29) is 11.7 Å². The van der Waals surface area contributed by atoms with Crippen molar-refractivity contribution in [2.75, 3.05) is 18.8 Å². The lowest BCUT2D eigenvalue weighted by molar-refractivity contribution is 0.558. The molecule has 6 heteroatoms. The van der Waals surface area contributed by atoms with E-state index in [0.29, 0.717) is 6.54 Å². The molecule has 4 nitrogen and oxygen atoms in total. The third-order valence-electron chi connectivity index (χ3n) is 2.66. The van der Waals surface area contributed by atoms with E-state index in [1.165, 1.54) is 0 Å². The summed E-state index contributed by atoms with van der Waals surface area (Å²) < 4.78 is 26.1. The van der Waals surface area contributed by atoms with Gasteiger partial charge in [0.15, 0.2) is 0 Å². The summed E-state index contributed by atoms with van der Waals surface area (Å²) in [5.74, 6) is 0.506. The van der Waals surface area contributed by atoms with Crippen LogP contribution in [0.2, 0.25) is 0 Å². The minimum atomic E-state index is -3.12. The van der Waals surface area contributed by atoms with Gasteiger partial charge in [-0.2, -0.15) is 0 Å². The SMILES string of the molecule is O=S(=O)(CC1CCNC1)NCc1cccs1. The zero-order valence-corrected chi connectivity index (χ0v) is 10.6. The molecule has 0 spiro atoms. The molecule has 1 fully saturated rings. The summed E-state index contributed by atoms with van der Waals surface area (Å²) in [6.45, 7) is 2.17. The second kappa shape index (κ2) is 5.27. The smallest absolute Gasteiger partial charge is 0.212 e. The van der Waals surface area contributed by atoms with Crippen molar-refractivity contribution >= 4 is 21.4 Å². The number of hydrogen-bond acceptors (Lipinski definition) is 4. The monoisotopic (exact) mass is 260 g/mol. The molecule has 0 saturated carbocycles. The Balaban J connectivity index is 1.82. The highest BCUT2D eigenvalue weighted by atomic mass is 32.2. The molecule has 0 aliphatic carbocycles. The van der Waals surface area contributed by atoms with Crippen LogP contribution in [0.4, 0.5) is 0 Å². The highest BCUT2D eigenvalue weighted by molar-refractivity contribution is 7.89. The first-order chi connectivity index (χ1) is 7.66. The average Bonchev–Trinajstić information content (AvgIpc) is 2.85. The van der Waals surface area contributed by atoms with E-state index in [4.69, 9.17) is 0 Å². The second-order valence-electron chi connectivity index (χ2n) is 4.04. The van der Waals surface area contributed by atoms with Crippen LogP contribution in [0.25, 0.3) is 0 Å².